The third kappa shape index (κ3) is 12.1. The van der Waals surface area contributed by atoms with Crippen LogP contribution in [0.4, 0.5) is 0 Å². The summed E-state index contributed by atoms with van der Waals surface area (Å²) in [5.41, 5.74) is 6.33. The molecule has 0 aliphatic carbocycles. The normalized spacial score (nSPS) is 11.9. The summed E-state index contributed by atoms with van der Waals surface area (Å²) in [7, 11) is -5.94. The zero-order valence-corrected chi connectivity index (χ0v) is 47.6. The molecule has 67 heavy (non-hydrogen) atoms. The smallest absolute Gasteiger partial charge is 0.123 e. The molecule has 0 radical (unpaired) electrons. The van der Waals surface area contributed by atoms with E-state index in [4.69, 9.17) is 0 Å². The van der Waals surface area contributed by atoms with Gasteiger partial charge in [0.25, 0.3) is 0 Å². The van der Waals surface area contributed by atoms with Gasteiger partial charge in [-0.25, -0.2) is 0 Å². The lowest BCUT2D eigenvalue weighted by Crippen LogP contribution is -2.46. The van der Waals surface area contributed by atoms with Crippen LogP contribution in [0, 0.1) is 0 Å². The van der Waals surface area contributed by atoms with E-state index >= 15 is 0 Å². The fourth-order valence-corrected chi connectivity index (χ4v) is 25.9. The molecule has 3 nitrogen and oxygen atoms in total. The van der Waals surface area contributed by atoms with Gasteiger partial charge in [0, 0.05) is 16.7 Å². The van der Waals surface area contributed by atoms with Gasteiger partial charge in [0.15, 0.2) is 0 Å². The second-order valence-electron chi connectivity index (χ2n) is 18.8. The summed E-state index contributed by atoms with van der Waals surface area (Å²) in [6.45, 7) is 27.8. The molecular weight excluding hydrogens is 881 g/mol. The number of phenolic OH excluding ortho intramolecular Hbond substituents is 3. The number of para-hydroxylation sites is 3. The summed E-state index contributed by atoms with van der Waals surface area (Å²) < 4.78 is 0. The molecule has 0 aliphatic heterocycles. The maximum atomic E-state index is 11.3. The van der Waals surface area contributed by atoms with Gasteiger partial charge in [-0.3, -0.25) is 0 Å². The van der Waals surface area contributed by atoms with E-state index in [-0.39, 0.29) is 0 Å². The first-order chi connectivity index (χ1) is 32.3. The van der Waals surface area contributed by atoms with E-state index in [1.807, 2.05) is 42.5 Å². The van der Waals surface area contributed by atoms with Crippen LogP contribution in [-0.4, -0.2) is 47.6 Å². The average molecular weight is 968 g/mol. The number of benzene rings is 6. The summed E-state index contributed by atoms with van der Waals surface area (Å²) in [5.74, 6) is 1.42. The molecule has 0 bridgehead atoms. The minimum absolute atomic E-state index is 0.362. The van der Waals surface area contributed by atoms with Crippen LogP contribution in [0.5, 0.6) is 17.2 Å². The van der Waals surface area contributed by atoms with Gasteiger partial charge in [-0.2, -0.15) is 0 Å². The molecular formula is C60H86O3Si4. The topological polar surface area (TPSA) is 60.7 Å². The predicted molar refractivity (Wildman–Crippen MR) is 308 cm³/mol. The van der Waals surface area contributed by atoms with Crippen molar-refractivity contribution < 1.29 is 15.3 Å². The first-order valence-corrected chi connectivity index (χ1v) is 36.5. The standard InChI is InChI=1S/C24H38OSi2.2C18H24OSi/c1-7-26(8-2,9-3)21-16-13-15-20(19-21)22-17-14-18-23(24(22)25)27(10-4,11-5)12-6;1-4-20(5-2,6-3)16-11-9-10-15(14-16)17-12-7-8-13-18(17)19;1-4-20(5-2,6-3)17-14-10-13-16(18(17)19)15-11-8-7-9-12-15/h13-19,25H,7-12H2,1-6H3;2*7-14,19H,4-6H2,1-3H3. The van der Waals surface area contributed by atoms with Gasteiger partial charge in [-0.05, 0) is 33.1 Å². The summed E-state index contributed by atoms with van der Waals surface area (Å²) in [6, 6.07) is 63.2. The Hall–Kier alpha value is -4.41. The largest absolute Gasteiger partial charge is 0.507 e. The van der Waals surface area contributed by atoms with Crippen LogP contribution in [0.1, 0.15) is 83.1 Å². The van der Waals surface area contributed by atoms with Crippen LogP contribution >= 0.6 is 0 Å². The SMILES string of the molecule is CC[Si](CC)(CC)c1cccc(-c2cccc([Si](CC)(CC)CC)c2O)c1.CC[Si](CC)(CC)c1cccc(-c2ccccc2)c1O.CC[Si](CC)(CC)c1cccc(-c2ccccc2O)c1. The van der Waals surface area contributed by atoms with Crippen LogP contribution in [0.2, 0.25) is 72.5 Å². The molecule has 0 unspecified atom stereocenters. The van der Waals surface area contributed by atoms with E-state index in [0.717, 1.165) is 27.8 Å². The van der Waals surface area contributed by atoms with E-state index < -0.39 is 32.3 Å². The highest BCUT2D eigenvalue weighted by atomic mass is 28.3. The van der Waals surface area contributed by atoms with Crippen molar-refractivity contribution >= 4 is 53.0 Å². The van der Waals surface area contributed by atoms with Gasteiger partial charge in [0.05, 0.1) is 32.3 Å². The highest BCUT2D eigenvalue weighted by Gasteiger charge is 2.35. The summed E-state index contributed by atoms with van der Waals surface area (Å²) in [5, 5.41) is 37.7. The molecule has 3 N–H and O–H groups in total. The van der Waals surface area contributed by atoms with Crippen LogP contribution in [0.15, 0.2) is 140 Å². The number of hydrogen-bond acceptors (Lipinski definition) is 3. The average Bonchev–Trinajstić information content (AvgIpc) is 3.38. The lowest BCUT2D eigenvalue weighted by atomic mass is 10.0. The Bertz CT molecular complexity index is 2380. The van der Waals surface area contributed by atoms with E-state index in [1.165, 1.54) is 93.7 Å². The Morgan fingerprint density at radius 3 is 0.955 bits per heavy atom. The molecule has 7 heteroatoms. The molecule has 0 fully saturated rings. The molecule has 0 aromatic heterocycles. The molecule has 0 heterocycles. The molecule has 6 aromatic rings. The molecule has 0 saturated carbocycles. The highest BCUT2D eigenvalue weighted by molar-refractivity contribution is 6.93. The van der Waals surface area contributed by atoms with Gasteiger partial charge in [-0.1, -0.05) is 299 Å². The van der Waals surface area contributed by atoms with Crippen molar-refractivity contribution in [2.45, 2.75) is 156 Å². The first kappa shape index (κ1) is 55.2. The second kappa shape index (κ2) is 25.8. The van der Waals surface area contributed by atoms with Crippen LogP contribution in [0.3, 0.4) is 0 Å². The lowest BCUT2D eigenvalue weighted by molar-refractivity contribution is 0.477. The summed E-state index contributed by atoms with van der Waals surface area (Å²) >= 11 is 0. The van der Waals surface area contributed by atoms with Gasteiger partial charge < -0.3 is 15.3 Å². The van der Waals surface area contributed by atoms with Crippen molar-refractivity contribution in [3.63, 3.8) is 0 Å². The Morgan fingerprint density at radius 1 is 0.284 bits per heavy atom. The summed E-state index contributed by atoms with van der Waals surface area (Å²) in [6.07, 6.45) is 0. The third-order valence-corrected chi connectivity index (χ3v) is 39.3. The minimum Gasteiger partial charge on any atom is -0.507 e. The van der Waals surface area contributed by atoms with E-state index in [0.29, 0.717) is 17.2 Å². The molecule has 0 atom stereocenters. The molecule has 0 spiro atoms. The maximum absolute atomic E-state index is 11.3. The summed E-state index contributed by atoms with van der Waals surface area (Å²) in [4.78, 5) is 0. The quantitative estimate of drug-likeness (QED) is 0.0709. The third-order valence-electron chi connectivity index (χ3n) is 16.9. The van der Waals surface area contributed by atoms with E-state index in [1.54, 1.807) is 11.3 Å². The molecule has 360 valence electrons. The van der Waals surface area contributed by atoms with Crippen molar-refractivity contribution in [3.05, 3.63) is 140 Å². The second-order valence-corrected chi connectivity index (χ2v) is 39.8. The number of aromatic hydroxyl groups is 3. The van der Waals surface area contributed by atoms with Crippen molar-refractivity contribution in [2.75, 3.05) is 0 Å². The van der Waals surface area contributed by atoms with Crippen molar-refractivity contribution in [2.24, 2.45) is 0 Å². The fourth-order valence-electron chi connectivity index (χ4n) is 11.1. The Morgan fingerprint density at radius 2 is 0.582 bits per heavy atom. The Labute approximate surface area is 411 Å². The Balaban J connectivity index is 0.000000223. The van der Waals surface area contributed by atoms with E-state index in [2.05, 4.69) is 174 Å². The fraction of sp³-hybridized carbons (Fsp3) is 0.400. The molecule has 6 aromatic carbocycles. The maximum Gasteiger partial charge on any atom is 0.123 e. The molecule has 0 saturated heterocycles. The van der Waals surface area contributed by atoms with Gasteiger partial charge >= 0.3 is 0 Å². The van der Waals surface area contributed by atoms with Crippen molar-refractivity contribution in [3.8, 4) is 50.6 Å². The van der Waals surface area contributed by atoms with Gasteiger partial charge in [0.2, 0.25) is 0 Å². The lowest BCUT2D eigenvalue weighted by Gasteiger charge is -2.31. The zero-order valence-electron chi connectivity index (χ0n) is 43.6. The van der Waals surface area contributed by atoms with Crippen LogP contribution in [0.25, 0.3) is 33.4 Å². The van der Waals surface area contributed by atoms with Crippen molar-refractivity contribution in [1.29, 1.82) is 0 Å². The van der Waals surface area contributed by atoms with Crippen molar-refractivity contribution in [1.82, 2.24) is 0 Å². The first-order valence-electron chi connectivity index (χ1n) is 26.0. The Kier molecular flexibility index (Phi) is 21.3. The minimum atomic E-state index is -1.61. The molecule has 6 rings (SSSR count). The highest BCUT2D eigenvalue weighted by Crippen LogP contribution is 2.35. The molecule has 0 aliphatic rings. The molecule has 0 amide bonds. The van der Waals surface area contributed by atoms with Gasteiger partial charge in [-0.15, -0.1) is 0 Å². The van der Waals surface area contributed by atoms with E-state index in [9.17, 15) is 15.3 Å². The van der Waals surface area contributed by atoms with Gasteiger partial charge in [0.1, 0.15) is 17.2 Å². The van der Waals surface area contributed by atoms with Crippen LogP contribution < -0.4 is 20.7 Å². The monoisotopic (exact) mass is 967 g/mol. The zero-order chi connectivity index (χ0) is 49.3. The number of rotatable bonds is 19. The van der Waals surface area contributed by atoms with Crippen LogP contribution in [-0.2, 0) is 0 Å². The predicted octanol–water partition coefficient (Wildman–Crippen LogP) is 16.0. The number of hydrogen-bond donors (Lipinski definition) is 3. The number of phenols is 3.